The number of ether oxygens (including phenoxy) is 1. The van der Waals surface area contributed by atoms with Crippen molar-refractivity contribution < 1.29 is 19.2 Å². The number of non-ortho nitro benzene ring substituents is 1. The predicted octanol–water partition coefficient (Wildman–Crippen LogP) is 3.42. The highest BCUT2D eigenvalue weighted by molar-refractivity contribution is 6.32. The zero-order valence-electron chi connectivity index (χ0n) is 15.6. The van der Waals surface area contributed by atoms with Gasteiger partial charge in [0.15, 0.2) is 6.10 Å². The van der Waals surface area contributed by atoms with Crippen LogP contribution in [0, 0.1) is 17.0 Å². The molecule has 2 aromatic rings. The molecule has 0 aliphatic heterocycles. The fourth-order valence-corrected chi connectivity index (χ4v) is 2.60. The number of likely N-dealkylation sites (N-methyl/N-ethyl adjacent to an activating group) is 1. The van der Waals surface area contributed by atoms with Crippen LogP contribution in [0.3, 0.4) is 0 Å². The van der Waals surface area contributed by atoms with Gasteiger partial charge in [-0.15, -0.1) is 0 Å². The molecule has 0 unspecified atom stereocenters. The van der Waals surface area contributed by atoms with Gasteiger partial charge in [0.1, 0.15) is 5.75 Å². The second-order valence-electron chi connectivity index (χ2n) is 6.24. The number of nitro groups is 1. The fraction of sp³-hybridized carbons (Fsp3) is 0.263. The van der Waals surface area contributed by atoms with E-state index in [-0.39, 0.29) is 28.9 Å². The first-order valence-electron chi connectivity index (χ1n) is 8.39. The van der Waals surface area contributed by atoms with E-state index in [2.05, 4.69) is 5.32 Å². The Morgan fingerprint density at radius 1 is 1.25 bits per heavy atom. The third-order valence-corrected chi connectivity index (χ3v) is 4.17. The molecule has 0 fully saturated rings. The number of amides is 2. The summed E-state index contributed by atoms with van der Waals surface area (Å²) in [4.78, 5) is 35.9. The third-order valence-electron chi connectivity index (χ3n) is 3.87. The molecular weight excluding hydrogens is 386 g/mol. The first-order chi connectivity index (χ1) is 13.2. The summed E-state index contributed by atoms with van der Waals surface area (Å²) in [5, 5.41) is 13.5. The van der Waals surface area contributed by atoms with Gasteiger partial charge in [0.2, 0.25) is 5.91 Å². The molecular formula is C19H20ClN3O5. The van der Waals surface area contributed by atoms with E-state index in [4.69, 9.17) is 16.3 Å². The van der Waals surface area contributed by atoms with Gasteiger partial charge >= 0.3 is 0 Å². The summed E-state index contributed by atoms with van der Waals surface area (Å²) in [6, 6.07) is 11.0. The largest absolute Gasteiger partial charge is 0.479 e. The standard InChI is InChI=1S/C19H20ClN3O5/c1-12-4-6-14(7-5-12)21-18(24)11-22(3)19(25)13(2)28-17-9-8-15(23(26)27)10-16(17)20/h4-10,13H,11H2,1-3H3,(H,21,24)/t13-/m1/s1. The number of nitrogens with zero attached hydrogens (tertiary/aromatic N) is 2. The summed E-state index contributed by atoms with van der Waals surface area (Å²) >= 11 is 5.97. The average Bonchev–Trinajstić information content (AvgIpc) is 2.64. The smallest absolute Gasteiger partial charge is 0.271 e. The Hall–Kier alpha value is -3.13. The van der Waals surface area contributed by atoms with Gasteiger partial charge in [0, 0.05) is 24.9 Å². The number of anilines is 1. The molecule has 1 atom stereocenters. The van der Waals surface area contributed by atoms with Crippen LogP contribution >= 0.6 is 11.6 Å². The topological polar surface area (TPSA) is 102 Å². The van der Waals surface area contributed by atoms with Crippen molar-refractivity contribution in [1.29, 1.82) is 0 Å². The molecule has 0 aliphatic rings. The minimum Gasteiger partial charge on any atom is -0.479 e. The summed E-state index contributed by atoms with van der Waals surface area (Å²) in [5.74, 6) is -0.639. The quantitative estimate of drug-likeness (QED) is 0.561. The van der Waals surface area contributed by atoms with Crippen LogP contribution in [0.1, 0.15) is 12.5 Å². The molecule has 2 amide bonds. The summed E-state index contributed by atoms with van der Waals surface area (Å²) in [6.07, 6.45) is -0.934. The summed E-state index contributed by atoms with van der Waals surface area (Å²) < 4.78 is 5.50. The number of carbonyl (C=O) groups is 2. The molecule has 28 heavy (non-hydrogen) atoms. The van der Waals surface area contributed by atoms with Gasteiger partial charge in [-0.25, -0.2) is 0 Å². The molecule has 1 N–H and O–H groups in total. The number of halogens is 1. The van der Waals surface area contributed by atoms with Crippen LogP contribution in [0.4, 0.5) is 11.4 Å². The molecule has 0 radical (unpaired) electrons. The van der Waals surface area contributed by atoms with Gasteiger partial charge in [-0.05, 0) is 32.0 Å². The van der Waals surface area contributed by atoms with Crippen LogP contribution in [-0.2, 0) is 9.59 Å². The van der Waals surface area contributed by atoms with Gasteiger partial charge in [-0.3, -0.25) is 19.7 Å². The Bertz CT molecular complexity index is 886. The lowest BCUT2D eigenvalue weighted by molar-refractivity contribution is -0.384. The van der Waals surface area contributed by atoms with Gasteiger partial charge in [0.05, 0.1) is 16.5 Å². The van der Waals surface area contributed by atoms with Crippen molar-refractivity contribution in [2.75, 3.05) is 18.9 Å². The van der Waals surface area contributed by atoms with Crippen LogP contribution in [-0.4, -0.2) is 41.3 Å². The van der Waals surface area contributed by atoms with E-state index in [0.29, 0.717) is 5.69 Å². The van der Waals surface area contributed by atoms with E-state index >= 15 is 0 Å². The van der Waals surface area contributed by atoms with Crippen molar-refractivity contribution in [3.63, 3.8) is 0 Å². The van der Waals surface area contributed by atoms with E-state index in [9.17, 15) is 19.7 Å². The van der Waals surface area contributed by atoms with E-state index in [1.165, 1.54) is 31.0 Å². The minimum atomic E-state index is -0.934. The van der Waals surface area contributed by atoms with Crippen LogP contribution < -0.4 is 10.1 Å². The van der Waals surface area contributed by atoms with Gasteiger partial charge in [-0.2, -0.15) is 0 Å². The normalized spacial score (nSPS) is 11.4. The average molecular weight is 406 g/mol. The van der Waals surface area contributed by atoms with Crippen molar-refractivity contribution in [1.82, 2.24) is 4.90 Å². The Morgan fingerprint density at radius 2 is 1.89 bits per heavy atom. The Morgan fingerprint density at radius 3 is 2.46 bits per heavy atom. The molecule has 8 nitrogen and oxygen atoms in total. The molecule has 9 heteroatoms. The monoisotopic (exact) mass is 405 g/mol. The Balaban J connectivity index is 1.93. The first-order valence-corrected chi connectivity index (χ1v) is 8.77. The van der Waals surface area contributed by atoms with Crippen molar-refractivity contribution in [3.8, 4) is 5.75 Å². The molecule has 2 rings (SSSR count). The van der Waals surface area contributed by atoms with Gasteiger partial charge in [-0.1, -0.05) is 29.3 Å². The van der Waals surface area contributed by atoms with Gasteiger partial charge < -0.3 is 15.0 Å². The number of benzene rings is 2. The van der Waals surface area contributed by atoms with E-state index in [0.717, 1.165) is 11.6 Å². The molecule has 0 aliphatic carbocycles. The number of nitrogens with one attached hydrogen (secondary N) is 1. The first kappa shape index (κ1) is 21.2. The second kappa shape index (κ2) is 9.18. The SMILES string of the molecule is Cc1ccc(NC(=O)CN(C)C(=O)[C@@H](C)Oc2ccc([N+](=O)[O-])cc2Cl)cc1. The molecule has 0 saturated carbocycles. The Kier molecular flexibility index (Phi) is 6.94. The summed E-state index contributed by atoms with van der Waals surface area (Å²) in [6.45, 7) is 3.29. The van der Waals surface area contributed by atoms with Crippen molar-refractivity contribution in [2.45, 2.75) is 20.0 Å². The highest BCUT2D eigenvalue weighted by atomic mass is 35.5. The number of hydrogen-bond acceptors (Lipinski definition) is 5. The lowest BCUT2D eigenvalue weighted by Gasteiger charge is -2.22. The van der Waals surface area contributed by atoms with Crippen LogP contribution in [0.25, 0.3) is 0 Å². The number of hydrogen-bond donors (Lipinski definition) is 1. The maximum Gasteiger partial charge on any atom is 0.271 e. The van der Waals surface area contributed by atoms with E-state index < -0.39 is 16.9 Å². The number of rotatable bonds is 7. The van der Waals surface area contributed by atoms with Gasteiger partial charge in [0.25, 0.3) is 11.6 Å². The molecule has 148 valence electrons. The minimum absolute atomic E-state index is 0.0219. The van der Waals surface area contributed by atoms with E-state index in [1.54, 1.807) is 12.1 Å². The molecule has 0 aromatic heterocycles. The summed E-state index contributed by atoms with van der Waals surface area (Å²) in [7, 11) is 1.48. The van der Waals surface area contributed by atoms with Crippen LogP contribution in [0.15, 0.2) is 42.5 Å². The van der Waals surface area contributed by atoms with Crippen molar-refractivity contribution >= 4 is 34.8 Å². The van der Waals surface area contributed by atoms with Crippen molar-refractivity contribution in [2.24, 2.45) is 0 Å². The molecule has 2 aromatic carbocycles. The molecule has 0 spiro atoms. The highest BCUT2D eigenvalue weighted by Crippen LogP contribution is 2.29. The summed E-state index contributed by atoms with van der Waals surface area (Å²) in [5.41, 5.74) is 1.53. The molecule has 0 bridgehead atoms. The lowest BCUT2D eigenvalue weighted by Crippen LogP contribution is -2.42. The number of carbonyl (C=O) groups excluding carboxylic acids is 2. The zero-order chi connectivity index (χ0) is 20.8. The Labute approximate surface area is 167 Å². The zero-order valence-corrected chi connectivity index (χ0v) is 16.4. The lowest BCUT2D eigenvalue weighted by atomic mass is 10.2. The maximum atomic E-state index is 12.4. The van der Waals surface area contributed by atoms with Crippen molar-refractivity contribution in [3.05, 3.63) is 63.2 Å². The molecule has 0 saturated heterocycles. The second-order valence-corrected chi connectivity index (χ2v) is 6.65. The maximum absolute atomic E-state index is 12.4. The molecule has 0 heterocycles. The van der Waals surface area contributed by atoms with Crippen LogP contribution in [0.2, 0.25) is 5.02 Å². The number of aryl methyl sites for hydroxylation is 1. The van der Waals surface area contributed by atoms with E-state index in [1.807, 2.05) is 19.1 Å². The third kappa shape index (κ3) is 5.68. The van der Waals surface area contributed by atoms with Crippen LogP contribution in [0.5, 0.6) is 5.75 Å². The highest BCUT2D eigenvalue weighted by Gasteiger charge is 2.22. The number of nitro benzene ring substituents is 1. The fourth-order valence-electron chi connectivity index (χ4n) is 2.38. The predicted molar refractivity (Wildman–Crippen MR) is 106 cm³/mol.